The summed E-state index contributed by atoms with van der Waals surface area (Å²) in [5.74, 6) is -0.219. The maximum Gasteiger partial charge on any atom is 0.291 e. The maximum atomic E-state index is 13.6. The second-order valence-corrected chi connectivity index (χ2v) is 6.57. The van der Waals surface area contributed by atoms with Gasteiger partial charge in [0.1, 0.15) is 5.82 Å². The van der Waals surface area contributed by atoms with Gasteiger partial charge in [-0.15, -0.1) is 16.4 Å². The number of carbonyl (C=O) groups excluding carboxylic acids is 1. The Balaban J connectivity index is 1.77. The summed E-state index contributed by atoms with van der Waals surface area (Å²) in [4.78, 5) is 17.6. The number of hydrogen-bond donors (Lipinski definition) is 2. The van der Waals surface area contributed by atoms with Gasteiger partial charge in [0.05, 0.1) is 17.2 Å². The zero-order valence-corrected chi connectivity index (χ0v) is 15.6. The van der Waals surface area contributed by atoms with Crippen molar-refractivity contribution in [1.29, 1.82) is 0 Å². The Hall–Kier alpha value is -2.62. The number of rotatable bonds is 9. The van der Waals surface area contributed by atoms with Crippen LogP contribution in [0.5, 0.6) is 0 Å². The van der Waals surface area contributed by atoms with E-state index < -0.39 is 0 Å². The van der Waals surface area contributed by atoms with E-state index in [2.05, 4.69) is 20.7 Å². The largest absolute Gasteiger partial charge is 0.383 e. The van der Waals surface area contributed by atoms with Gasteiger partial charge in [-0.05, 0) is 29.6 Å². The second-order valence-electron chi connectivity index (χ2n) is 5.63. The van der Waals surface area contributed by atoms with Crippen LogP contribution in [0.2, 0.25) is 0 Å². The van der Waals surface area contributed by atoms with E-state index in [1.165, 1.54) is 28.2 Å². The molecule has 0 unspecified atom stereocenters. The lowest BCUT2D eigenvalue weighted by Gasteiger charge is -2.05. The third-order valence-electron chi connectivity index (χ3n) is 3.67. The van der Waals surface area contributed by atoms with Crippen LogP contribution in [0.4, 0.5) is 4.39 Å². The number of thiophene rings is 1. The van der Waals surface area contributed by atoms with Crippen molar-refractivity contribution in [1.82, 2.24) is 25.4 Å². The SMILES string of the molecule is COCCNCCNC(=O)c1nc(-c2cccs2)n(-c2cccc(F)c2)n1. The molecule has 27 heavy (non-hydrogen) atoms. The standard InChI is InChI=1S/C18H20FN5O2S/c1-26-10-9-20-7-8-21-18(25)16-22-17(15-6-3-11-27-15)24(23-16)14-5-2-4-13(19)12-14/h2-6,11-12,20H,7-10H2,1H3,(H,21,25). The van der Waals surface area contributed by atoms with Crippen LogP contribution >= 0.6 is 11.3 Å². The quantitative estimate of drug-likeness (QED) is 0.548. The zero-order valence-electron chi connectivity index (χ0n) is 14.8. The van der Waals surface area contributed by atoms with Crippen LogP contribution in [0.15, 0.2) is 41.8 Å². The predicted octanol–water partition coefficient (Wildman–Crippen LogP) is 2.10. The molecule has 2 N–H and O–H groups in total. The molecule has 2 heterocycles. The van der Waals surface area contributed by atoms with Crippen molar-refractivity contribution < 1.29 is 13.9 Å². The van der Waals surface area contributed by atoms with E-state index in [1.54, 1.807) is 19.2 Å². The van der Waals surface area contributed by atoms with E-state index in [0.717, 1.165) is 4.88 Å². The van der Waals surface area contributed by atoms with E-state index in [4.69, 9.17) is 4.74 Å². The molecule has 0 bridgehead atoms. The van der Waals surface area contributed by atoms with E-state index in [1.807, 2.05) is 17.5 Å². The number of aromatic nitrogens is 3. The Kier molecular flexibility index (Phi) is 6.64. The fourth-order valence-corrected chi connectivity index (χ4v) is 3.10. The number of halogens is 1. The Labute approximate surface area is 160 Å². The minimum Gasteiger partial charge on any atom is -0.383 e. The molecule has 0 aliphatic heterocycles. The fraction of sp³-hybridized carbons (Fsp3) is 0.278. The lowest BCUT2D eigenvalue weighted by Crippen LogP contribution is -2.33. The van der Waals surface area contributed by atoms with E-state index in [9.17, 15) is 9.18 Å². The Morgan fingerprint density at radius 2 is 2.15 bits per heavy atom. The molecule has 0 fully saturated rings. The van der Waals surface area contributed by atoms with Crippen LogP contribution in [0.1, 0.15) is 10.6 Å². The zero-order chi connectivity index (χ0) is 19.1. The minimum atomic E-state index is -0.381. The highest BCUT2D eigenvalue weighted by Gasteiger charge is 2.19. The van der Waals surface area contributed by atoms with Crippen molar-refractivity contribution in [3.05, 3.63) is 53.4 Å². The number of nitrogens with one attached hydrogen (secondary N) is 2. The summed E-state index contributed by atoms with van der Waals surface area (Å²) in [6, 6.07) is 9.79. The summed E-state index contributed by atoms with van der Waals surface area (Å²) in [7, 11) is 1.63. The molecule has 0 aliphatic carbocycles. The van der Waals surface area contributed by atoms with Crippen molar-refractivity contribution in [2.45, 2.75) is 0 Å². The van der Waals surface area contributed by atoms with Crippen LogP contribution in [0, 0.1) is 5.82 Å². The molecule has 9 heteroatoms. The van der Waals surface area contributed by atoms with Gasteiger partial charge in [0, 0.05) is 26.7 Å². The van der Waals surface area contributed by atoms with Gasteiger partial charge in [0.2, 0.25) is 5.82 Å². The summed E-state index contributed by atoms with van der Waals surface area (Å²) in [5, 5.41) is 12.1. The summed E-state index contributed by atoms with van der Waals surface area (Å²) >= 11 is 1.47. The Morgan fingerprint density at radius 3 is 2.89 bits per heavy atom. The molecule has 142 valence electrons. The van der Waals surface area contributed by atoms with E-state index in [0.29, 0.717) is 37.8 Å². The number of benzene rings is 1. The van der Waals surface area contributed by atoms with Gasteiger partial charge in [-0.25, -0.2) is 14.1 Å². The topological polar surface area (TPSA) is 81.1 Å². The first kappa shape index (κ1) is 19.2. The van der Waals surface area contributed by atoms with Gasteiger partial charge in [0.25, 0.3) is 5.91 Å². The Bertz CT molecular complexity index is 882. The number of methoxy groups -OCH3 is 1. The lowest BCUT2D eigenvalue weighted by atomic mass is 10.3. The third kappa shape index (κ3) is 4.97. The van der Waals surface area contributed by atoms with Gasteiger partial charge < -0.3 is 15.4 Å². The van der Waals surface area contributed by atoms with Crippen molar-refractivity contribution >= 4 is 17.2 Å². The molecule has 0 saturated heterocycles. The van der Waals surface area contributed by atoms with Crippen LogP contribution in [0.3, 0.4) is 0 Å². The molecular weight excluding hydrogens is 369 g/mol. The molecule has 0 saturated carbocycles. The summed E-state index contributed by atoms with van der Waals surface area (Å²) in [5.41, 5.74) is 0.506. The lowest BCUT2D eigenvalue weighted by molar-refractivity contribution is 0.0943. The van der Waals surface area contributed by atoms with Gasteiger partial charge in [-0.3, -0.25) is 4.79 Å². The molecule has 3 aromatic rings. The van der Waals surface area contributed by atoms with Crippen molar-refractivity contribution in [2.24, 2.45) is 0 Å². The summed E-state index contributed by atoms with van der Waals surface area (Å²) in [6.07, 6.45) is 0. The Morgan fingerprint density at radius 1 is 1.26 bits per heavy atom. The normalized spacial score (nSPS) is 10.9. The number of carbonyl (C=O) groups is 1. The molecule has 3 rings (SSSR count). The molecular formula is C18H20FN5O2S. The average Bonchev–Trinajstić information content (AvgIpc) is 3.33. The molecule has 0 spiro atoms. The first-order valence-electron chi connectivity index (χ1n) is 8.44. The van der Waals surface area contributed by atoms with Crippen LogP contribution in [-0.4, -0.2) is 54.0 Å². The average molecular weight is 389 g/mol. The van der Waals surface area contributed by atoms with Crippen LogP contribution in [0.25, 0.3) is 16.4 Å². The molecule has 1 aromatic carbocycles. The van der Waals surface area contributed by atoms with Gasteiger partial charge >= 0.3 is 0 Å². The molecule has 1 amide bonds. The number of nitrogens with zero attached hydrogens (tertiary/aromatic N) is 3. The van der Waals surface area contributed by atoms with Crippen molar-refractivity contribution in [3.8, 4) is 16.4 Å². The molecule has 0 aliphatic rings. The summed E-state index contributed by atoms with van der Waals surface area (Å²) in [6.45, 7) is 2.36. The third-order valence-corrected chi connectivity index (χ3v) is 4.54. The number of hydrogen-bond acceptors (Lipinski definition) is 6. The number of amides is 1. The van der Waals surface area contributed by atoms with Crippen LogP contribution in [-0.2, 0) is 4.74 Å². The van der Waals surface area contributed by atoms with E-state index in [-0.39, 0.29) is 17.5 Å². The van der Waals surface area contributed by atoms with Gasteiger partial charge in [-0.2, -0.15) is 0 Å². The highest BCUT2D eigenvalue weighted by molar-refractivity contribution is 7.13. The highest BCUT2D eigenvalue weighted by Crippen LogP contribution is 2.25. The first-order valence-corrected chi connectivity index (χ1v) is 9.31. The van der Waals surface area contributed by atoms with E-state index >= 15 is 0 Å². The molecule has 0 atom stereocenters. The maximum absolute atomic E-state index is 13.6. The van der Waals surface area contributed by atoms with Crippen molar-refractivity contribution in [2.75, 3.05) is 33.4 Å². The monoisotopic (exact) mass is 389 g/mol. The first-order chi connectivity index (χ1) is 13.2. The van der Waals surface area contributed by atoms with Crippen LogP contribution < -0.4 is 10.6 Å². The second kappa shape index (κ2) is 9.36. The van der Waals surface area contributed by atoms with Gasteiger partial charge in [0.15, 0.2) is 5.82 Å². The molecule has 7 nitrogen and oxygen atoms in total. The smallest absolute Gasteiger partial charge is 0.291 e. The number of ether oxygens (including phenoxy) is 1. The highest BCUT2D eigenvalue weighted by atomic mass is 32.1. The summed E-state index contributed by atoms with van der Waals surface area (Å²) < 4.78 is 20.1. The minimum absolute atomic E-state index is 0.0413. The molecule has 0 radical (unpaired) electrons. The van der Waals surface area contributed by atoms with Gasteiger partial charge in [-0.1, -0.05) is 12.1 Å². The molecule has 2 aromatic heterocycles. The van der Waals surface area contributed by atoms with Crippen molar-refractivity contribution in [3.63, 3.8) is 0 Å². The predicted molar refractivity (Wildman–Crippen MR) is 102 cm³/mol. The fourth-order valence-electron chi connectivity index (χ4n) is 2.40.